The summed E-state index contributed by atoms with van der Waals surface area (Å²) < 4.78 is 13.1. The first-order valence-electron chi connectivity index (χ1n) is 4.42. The number of benzene rings is 1. The average Bonchev–Trinajstić information content (AvgIpc) is 2.30. The van der Waals surface area contributed by atoms with Gasteiger partial charge in [-0.05, 0) is 12.1 Å². The molecule has 2 aromatic rings. The predicted octanol–water partition coefficient (Wildman–Crippen LogP) is 1.86. The van der Waals surface area contributed by atoms with Crippen molar-refractivity contribution in [2.24, 2.45) is 0 Å². The van der Waals surface area contributed by atoms with E-state index in [2.05, 4.69) is 10.2 Å². The maximum Gasteiger partial charge on any atom is 0.144 e. The van der Waals surface area contributed by atoms with Gasteiger partial charge in [0.15, 0.2) is 0 Å². The van der Waals surface area contributed by atoms with Gasteiger partial charge >= 0.3 is 0 Å². The maximum absolute atomic E-state index is 13.1. The molecule has 0 saturated carbocycles. The molecule has 0 unspecified atom stereocenters. The van der Waals surface area contributed by atoms with Crippen molar-refractivity contribution in [1.82, 2.24) is 10.2 Å². The van der Waals surface area contributed by atoms with Crippen molar-refractivity contribution in [2.75, 3.05) is 0 Å². The monoisotopic (exact) mass is 215 g/mol. The molecule has 0 spiro atoms. The first-order chi connectivity index (χ1) is 7.72. The SMILES string of the molecule is N#Cc1cc(-c2ccnnc2)c(O)cc1F. The molecular formula is C11H6FN3O. The zero-order valence-corrected chi connectivity index (χ0v) is 8.05. The van der Waals surface area contributed by atoms with Gasteiger partial charge < -0.3 is 5.11 Å². The Balaban J connectivity index is 2.63. The number of hydrogen-bond donors (Lipinski definition) is 1. The molecule has 0 amide bonds. The smallest absolute Gasteiger partial charge is 0.144 e. The van der Waals surface area contributed by atoms with Crippen molar-refractivity contribution in [2.45, 2.75) is 0 Å². The number of nitriles is 1. The number of phenols is 1. The van der Waals surface area contributed by atoms with Gasteiger partial charge in [-0.25, -0.2) is 4.39 Å². The minimum atomic E-state index is -0.745. The van der Waals surface area contributed by atoms with E-state index in [4.69, 9.17) is 5.26 Å². The zero-order valence-electron chi connectivity index (χ0n) is 8.05. The highest BCUT2D eigenvalue weighted by Crippen LogP contribution is 2.30. The van der Waals surface area contributed by atoms with E-state index in [0.29, 0.717) is 11.1 Å². The van der Waals surface area contributed by atoms with E-state index in [1.807, 2.05) is 0 Å². The van der Waals surface area contributed by atoms with Crippen LogP contribution in [0.1, 0.15) is 5.56 Å². The van der Waals surface area contributed by atoms with Gasteiger partial charge in [0.05, 0.1) is 18.0 Å². The summed E-state index contributed by atoms with van der Waals surface area (Å²) in [6.07, 6.45) is 2.87. The molecule has 0 aliphatic heterocycles. The van der Waals surface area contributed by atoms with Crippen LogP contribution in [-0.2, 0) is 0 Å². The van der Waals surface area contributed by atoms with Crippen LogP contribution in [0.3, 0.4) is 0 Å². The number of aromatic nitrogens is 2. The van der Waals surface area contributed by atoms with Gasteiger partial charge in [0.25, 0.3) is 0 Å². The molecule has 16 heavy (non-hydrogen) atoms. The number of phenolic OH excluding ortho intramolecular Hbond substituents is 1. The van der Waals surface area contributed by atoms with Crippen molar-refractivity contribution >= 4 is 0 Å². The van der Waals surface area contributed by atoms with E-state index < -0.39 is 5.82 Å². The summed E-state index contributed by atoms with van der Waals surface area (Å²) in [5.74, 6) is -0.977. The predicted molar refractivity (Wildman–Crippen MR) is 53.8 cm³/mol. The van der Waals surface area contributed by atoms with E-state index >= 15 is 0 Å². The molecule has 5 heteroatoms. The third kappa shape index (κ3) is 1.68. The molecule has 4 nitrogen and oxygen atoms in total. The van der Waals surface area contributed by atoms with Crippen LogP contribution in [0.25, 0.3) is 11.1 Å². The largest absolute Gasteiger partial charge is 0.507 e. The second-order valence-corrected chi connectivity index (χ2v) is 3.09. The van der Waals surface area contributed by atoms with E-state index in [9.17, 15) is 9.50 Å². The first kappa shape index (κ1) is 10.1. The summed E-state index contributed by atoms with van der Waals surface area (Å²) in [4.78, 5) is 0. The van der Waals surface area contributed by atoms with Crippen molar-refractivity contribution in [3.8, 4) is 22.9 Å². The lowest BCUT2D eigenvalue weighted by molar-refractivity contribution is 0.471. The highest BCUT2D eigenvalue weighted by Gasteiger charge is 2.10. The standard InChI is InChI=1S/C11H6FN3O/c12-10-4-11(16)9(3-8(10)5-13)7-1-2-14-15-6-7/h1-4,6,16H. The fourth-order valence-electron chi connectivity index (χ4n) is 1.33. The van der Waals surface area contributed by atoms with Gasteiger partial charge in [-0.15, -0.1) is 0 Å². The Labute approximate surface area is 90.6 Å². The van der Waals surface area contributed by atoms with Crippen LogP contribution in [0.5, 0.6) is 5.75 Å². The van der Waals surface area contributed by atoms with Crippen LogP contribution in [0.2, 0.25) is 0 Å². The Kier molecular flexibility index (Phi) is 2.48. The normalized spacial score (nSPS) is 9.75. The third-order valence-corrected chi connectivity index (χ3v) is 2.10. The highest BCUT2D eigenvalue weighted by molar-refractivity contribution is 5.70. The van der Waals surface area contributed by atoms with Crippen molar-refractivity contribution < 1.29 is 9.50 Å². The van der Waals surface area contributed by atoms with Crippen molar-refractivity contribution in [3.05, 3.63) is 42.0 Å². The summed E-state index contributed by atoms with van der Waals surface area (Å²) >= 11 is 0. The van der Waals surface area contributed by atoms with Gasteiger partial charge in [-0.2, -0.15) is 15.5 Å². The number of aromatic hydroxyl groups is 1. The minimum Gasteiger partial charge on any atom is -0.507 e. The average molecular weight is 215 g/mol. The summed E-state index contributed by atoms with van der Waals surface area (Å²) in [6, 6.07) is 5.51. The van der Waals surface area contributed by atoms with Gasteiger partial charge in [0.2, 0.25) is 0 Å². The summed E-state index contributed by atoms with van der Waals surface area (Å²) in [6.45, 7) is 0. The molecule has 0 saturated heterocycles. The van der Waals surface area contributed by atoms with Gasteiger partial charge in [0.1, 0.15) is 17.6 Å². The molecule has 2 rings (SSSR count). The van der Waals surface area contributed by atoms with E-state index in [-0.39, 0.29) is 11.3 Å². The lowest BCUT2D eigenvalue weighted by Crippen LogP contribution is -1.88. The van der Waals surface area contributed by atoms with Crippen LogP contribution >= 0.6 is 0 Å². The molecule has 78 valence electrons. The highest BCUT2D eigenvalue weighted by atomic mass is 19.1. The molecule has 0 aliphatic carbocycles. The quantitative estimate of drug-likeness (QED) is 0.788. The number of hydrogen-bond acceptors (Lipinski definition) is 4. The Morgan fingerprint density at radius 3 is 2.75 bits per heavy atom. The Bertz CT molecular complexity index is 563. The Hall–Kier alpha value is -2.48. The van der Waals surface area contributed by atoms with E-state index in [1.165, 1.54) is 18.5 Å². The zero-order chi connectivity index (χ0) is 11.5. The molecule has 0 atom stereocenters. The van der Waals surface area contributed by atoms with Crippen molar-refractivity contribution in [1.29, 1.82) is 5.26 Å². The fraction of sp³-hybridized carbons (Fsp3) is 0. The molecule has 1 heterocycles. The van der Waals surface area contributed by atoms with E-state index in [1.54, 1.807) is 12.1 Å². The molecule has 0 bridgehead atoms. The van der Waals surface area contributed by atoms with Crippen LogP contribution < -0.4 is 0 Å². The fourth-order valence-corrected chi connectivity index (χ4v) is 1.33. The Morgan fingerprint density at radius 2 is 2.12 bits per heavy atom. The van der Waals surface area contributed by atoms with Gasteiger partial charge in [-0.3, -0.25) is 0 Å². The maximum atomic E-state index is 13.1. The molecular weight excluding hydrogens is 209 g/mol. The summed E-state index contributed by atoms with van der Waals surface area (Å²) in [7, 11) is 0. The molecule has 0 aliphatic rings. The van der Waals surface area contributed by atoms with Crippen LogP contribution in [0, 0.1) is 17.1 Å². The first-order valence-corrected chi connectivity index (χ1v) is 4.42. The van der Waals surface area contributed by atoms with Crippen LogP contribution in [0.15, 0.2) is 30.6 Å². The molecule has 0 radical (unpaired) electrons. The second kappa shape index (κ2) is 3.95. The third-order valence-electron chi connectivity index (χ3n) is 2.10. The lowest BCUT2D eigenvalue weighted by atomic mass is 10.0. The second-order valence-electron chi connectivity index (χ2n) is 3.09. The molecule has 0 fully saturated rings. The summed E-state index contributed by atoms with van der Waals surface area (Å²) in [5.41, 5.74) is 0.807. The molecule has 1 aromatic heterocycles. The van der Waals surface area contributed by atoms with Crippen LogP contribution in [-0.4, -0.2) is 15.3 Å². The molecule has 1 N–H and O–H groups in total. The van der Waals surface area contributed by atoms with Crippen molar-refractivity contribution in [3.63, 3.8) is 0 Å². The van der Waals surface area contributed by atoms with Gasteiger partial charge in [0, 0.05) is 17.2 Å². The van der Waals surface area contributed by atoms with Gasteiger partial charge in [-0.1, -0.05) is 0 Å². The van der Waals surface area contributed by atoms with E-state index in [0.717, 1.165) is 6.07 Å². The lowest BCUT2D eigenvalue weighted by Gasteiger charge is -2.04. The minimum absolute atomic E-state index is 0.121. The molecule has 1 aromatic carbocycles. The topological polar surface area (TPSA) is 69.8 Å². The van der Waals surface area contributed by atoms with Crippen LogP contribution in [0.4, 0.5) is 4.39 Å². The number of halogens is 1. The summed E-state index contributed by atoms with van der Waals surface area (Å²) in [5, 5.41) is 25.5. The Morgan fingerprint density at radius 1 is 1.31 bits per heavy atom. The number of rotatable bonds is 1. The number of nitrogens with zero attached hydrogens (tertiary/aromatic N) is 3.